The van der Waals surface area contributed by atoms with Gasteiger partial charge < -0.3 is 4.74 Å². The van der Waals surface area contributed by atoms with E-state index in [-0.39, 0.29) is 23.4 Å². The first-order chi connectivity index (χ1) is 8.38. The predicted octanol–water partition coefficient (Wildman–Crippen LogP) is 3.73. The van der Waals surface area contributed by atoms with Crippen molar-refractivity contribution in [2.45, 2.75) is 58.2 Å². The van der Waals surface area contributed by atoms with Crippen LogP contribution in [0.1, 0.15) is 56.5 Å². The molecule has 98 valence electrons. The van der Waals surface area contributed by atoms with Gasteiger partial charge in [0.2, 0.25) is 0 Å². The summed E-state index contributed by atoms with van der Waals surface area (Å²) in [5, 5.41) is 0. The van der Waals surface area contributed by atoms with Gasteiger partial charge >= 0.3 is 0 Å². The van der Waals surface area contributed by atoms with E-state index in [0.717, 1.165) is 18.4 Å². The molecule has 1 aliphatic rings. The topological polar surface area (TPSA) is 26.3 Å². The van der Waals surface area contributed by atoms with Crippen LogP contribution in [0.5, 0.6) is 0 Å². The van der Waals surface area contributed by atoms with Crippen molar-refractivity contribution in [3.05, 3.63) is 35.4 Å². The number of ether oxygens (including phenoxy) is 1. The molecule has 2 heteroatoms. The molecule has 1 aromatic carbocycles. The Balaban J connectivity index is 2.12. The van der Waals surface area contributed by atoms with Crippen molar-refractivity contribution in [3.63, 3.8) is 0 Å². The Morgan fingerprint density at radius 3 is 2.22 bits per heavy atom. The summed E-state index contributed by atoms with van der Waals surface area (Å²) in [6.07, 6.45) is 1.81. The lowest BCUT2D eigenvalue weighted by Crippen LogP contribution is -2.21. The fraction of sp³-hybridized carbons (Fsp3) is 0.562. The summed E-state index contributed by atoms with van der Waals surface area (Å²) in [5.41, 5.74) is 2.14. The van der Waals surface area contributed by atoms with E-state index >= 15 is 0 Å². The van der Waals surface area contributed by atoms with Gasteiger partial charge in [-0.1, -0.05) is 45.0 Å². The van der Waals surface area contributed by atoms with Gasteiger partial charge in [0, 0.05) is 5.56 Å². The largest absolute Gasteiger partial charge is 0.367 e. The smallest absolute Gasteiger partial charge is 0.191 e. The van der Waals surface area contributed by atoms with Crippen molar-refractivity contribution in [3.8, 4) is 0 Å². The molecule has 1 aromatic rings. The third kappa shape index (κ3) is 2.81. The Bertz CT molecular complexity index is 425. The minimum absolute atomic E-state index is 0.125. The molecule has 2 rings (SSSR count). The van der Waals surface area contributed by atoms with Gasteiger partial charge in [0.05, 0.1) is 6.10 Å². The number of hydrogen-bond donors (Lipinski definition) is 0. The fourth-order valence-corrected chi connectivity index (χ4v) is 2.32. The maximum absolute atomic E-state index is 12.2. The molecular formula is C16H22O2. The summed E-state index contributed by atoms with van der Waals surface area (Å²) >= 11 is 0. The quantitative estimate of drug-likeness (QED) is 0.743. The van der Waals surface area contributed by atoms with Crippen LogP contribution < -0.4 is 0 Å². The van der Waals surface area contributed by atoms with E-state index in [4.69, 9.17) is 4.74 Å². The molecule has 18 heavy (non-hydrogen) atoms. The van der Waals surface area contributed by atoms with Crippen LogP contribution in [-0.4, -0.2) is 18.0 Å². The number of benzene rings is 1. The monoisotopic (exact) mass is 246 g/mol. The molecule has 1 heterocycles. The van der Waals surface area contributed by atoms with Crippen LogP contribution >= 0.6 is 0 Å². The van der Waals surface area contributed by atoms with Crippen LogP contribution in [0.4, 0.5) is 0 Å². The molecule has 1 aliphatic heterocycles. The second-order valence-corrected chi connectivity index (χ2v) is 6.20. The van der Waals surface area contributed by atoms with Crippen LogP contribution in [0, 0.1) is 0 Å². The number of carbonyl (C=O) groups is 1. The zero-order valence-electron chi connectivity index (χ0n) is 11.7. The summed E-state index contributed by atoms with van der Waals surface area (Å²) in [6, 6.07) is 7.95. The molecule has 2 nitrogen and oxygen atoms in total. The lowest BCUT2D eigenvalue weighted by molar-refractivity contribution is 0.0433. The third-order valence-electron chi connectivity index (χ3n) is 3.56. The summed E-state index contributed by atoms with van der Waals surface area (Å²) in [5.74, 6) is 0.125. The van der Waals surface area contributed by atoms with Gasteiger partial charge in [0.25, 0.3) is 0 Å². The molecule has 0 radical (unpaired) electrons. The van der Waals surface area contributed by atoms with E-state index in [9.17, 15) is 4.79 Å². The van der Waals surface area contributed by atoms with E-state index in [2.05, 4.69) is 20.8 Å². The van der Waals surface area contributed by atoms with Crippen LogP contribution in [-0.2, 0) is 10.2 Å². The second-order valence-electron chi connectivity index (χ2n) is 6.20. The number of ketones is 1. The van der Waals surface area contributed by atoms with Gasteiger partial charge in [0.15, 0.2) is 5.78 Å². The normalized spacial score (nSPS) is 24.2. The van der Waals surface area contributed by atoms with Crippen LogP contribution in [0.25, 0.3) is 0 Å². The van der Waals surface area contributed by atoms with E-state index in [1.54, 1.807) is 0 Å². The van der Waals surface area contributed by atoms with Gasteiger partial charge in [-0.05, 0) is 30.7 Å². The van der Waals surface area contributed by atoms with Crippen molar-refractivity contribution < 1.29 is 9.53 Å². The minimum Gasteiger partial charge on any atom is -0.367 e. The van der Waals surface area contributed by atoms with Crippen molar-refractivity contribution in [1.82, 2.24) is 0 Å². The summed E-state index contributed by atoms with van der Waals surface area (Å²) in [6.45, 7) is 8.54. The zero-order chi connectivity index (χ0) is 13.3. The van der Waals surface area contributed by atoms with Crippen molar-refractivity contribution >= 4 is 5.78 Å². The van der Waals surface area contributed by atoms with Crippen molar-refractivity contribution in [2.75, 3.05) is 0 Å². The Morgan fingerprint density at radius 2 is 1.78 bits per heavy atom. The third-order valence-corrected chi connectivity index (χ3v) is 3.56. The van der Waals surface area contributed by atoms with Crippen molar-refractivity contribution in [1.29, 1.82) is 0 Å². The SMILES string of the molecule is CC1CCC(C(=O)c2ccc(C(C)(C)C)cc2)O1. The maximum Gasteiger partial charge on any atom is 0.191 e. The molecule has 0 aromatic heterocycles. The number of rotatable bonds is 2. The summed E-state index contributed by atoms with van der Waals surface area (Å²) < 4.78 is 5.63. The molecule has 1 saturated heterocycles. The Morgan fingerprint density at radius 1 is 1.17 bits per heavy atom. The van der Waals surface area contributed by atoms with Crippen molar-refractivity contribution in [2.24, 2.45) is 0 Å². The molecule has 0 N–H and O–H groups in total. The molecule has 0 aliphatic carbocycles. The first-order valence-electron chi connectivity index (χ1n) is 6.68. The Labute approximate surface area is 109 Å². The van der Waals surface area contributed by atoms with Crippen LogP contribution in [0.2, 0.25) is 0 Å². The lowest BCUT2D eigenvalue weighted by atomic mass is 9.86. The number of hydrogen-bond acceptors (Lipinski definition) is 2. The summed E-state index contributed by atoms with van der Waals surface area (Å²) in [4.78, 5) is 12.2. The maximum atomic E-state index is 12.2. The van der Waals surface area contributed by atoms with E-state index in [1.807, 2.05) is 31.2 Å². The second kappa shape index (κ2) is 4.85. The predicted molar refractivity (Wildman–Crippen MR) is 73.0 cm³/mol. The highest BCUT2D eigenvalue weighted by Crippen LogP contribution is 2.25. The molecule has 0 spiro atoms. The molecular weight excluding hydrogens is 224 g/mol. The highest BCUT2D eigenvalue weighted by Gasteiger charge is 2.28. The van der Waals surface area contributed by atoms with Gasteiger partial charge in [-0.15, -0.1) is 0 Å². The Kier molecular flexibility index (Phi) is 3.58. The average Bonchev–Trinajstić information content (AvgIpc) is 2.74. The lowest BCUT2D eigenvalue weighted by Gasteiger charge is -2.19. The molecule has 0 saturated carbocycles. The van der Waals surface area contributed by atoms with Gasteiger partial charge in [0.1, 0.15) is 6.10 Å². The fourth-order valence-electron chi connectivity index (χ4n) is 2.32. The van der Waals surface area contributed by atoms with Gasteiger partial charge in [-0.3, -0.25) is 4.79 Å². The van der Waals surface area contributed by atoms with E-state index < -0.39 is 0 Å². The van der Waals surface area contributed by atoms with Crippen LogP contribution in [0.3, 0.4) is 0 Å². The highest BCUT2D eigenvalue weighted by atomic mass is 16.5. The molecule has 0 amide bonds. The molecule has 2 unspecified atom stereocenters. The van der Waals surface area contributed by atoms with Gasteiger partial charge in [-0.2, -0.15) is 0 Å². The Hall–Kier alpha value is -1.15. The molecule has 2 atom stereocenters. The standard InChI is InChI=1S/C16H22O2/c1-11-5-10-14(18-11)15(17)12-6-8-13(9-7-12)16(2,3)4/h6-9,11,14H,5,10H2,1-4H3. The van der Waals surface area contributed by atoms with E-state index in [1.165, 1.54) is 5.56 Å². The first kappa shape index (κ1) is 13.3. The van der Waals surface area contributed by atoms with Crippen LogP contribution in [0.15, 0.2) is 24.3 Å². The van der Waals surface area contributed by atoms with Gasteiger partial charge in [-0.25, -0.2) is 0 Å². The summed E-state index contributed by atoms with van der Waals surface area (Å²) in [7, 11) is 0. The minimum atomic E-state index is -0.236. The highest BCUT2D eigenvalue weighted by molar-refractivity contribution is 5.99. The number of Topliss-reactive ketones (excluding diaryl/α,β-unsaturated/α-hetero) is 1. The first-order valence-corrected chi connectivity index (χ1v) is 6.68. The zero-order valence-corrected chi connectivity index (χ0v) is 11.7. The molecule has 1 fully saturated rings. The molecule has 0 bridgehead atoms. The number of carbonyl (C=O) groups excluding carboxylic acids is 1. The average molecular weight is 246 g/mol. The van der Waals surface area contributed by atoms with E-state index in [0.29, 0.717) is 0 Å².